The quantitative estimate of drug-likeness (QED) is 0.786. The van der Waals surface area contributed by atoms with Gasteiger partial charge < -0.3 is 10.5 Å². The van der Waals surface area contributed by atoms with Crippen LogP contribution in [0.15, 0.2) is 36.4 Å². The summed E-state index contributed by atoms with van der Waals surface area (Å²) in [5, 5.41) is 11.3. The highest BCUT2D eigenvalue weighted by atomic mass is 19.4. The van der Waals surface area contributed by atoms with E-state index in [1.165, 1.54) is 22.7 Å². The Morgan fingerprint density at radius 3 is 2.67 bits per heavy atom. The molecule has 2 heterocycles. The van der Waals surface area contributed by atoms with Gasteiger partial charge in [-0.3, -0.25) is 0 Å². The Bertz CT molecular complexity index is 799. The third-order valence-electron chi connectivity index (χ3n) is 2.65. The van der Waals surface area contributed by atoms with E-state index in [0.717, 1.165) is 12.1 Å². The van der Waals surface area contributed by atoms with Gasteiger partial charge in [-0.15, -0.1) is 15.3 Å². The zero-order valence-corrected chi connectivity index (χ0v) is 10.4. The van der Waals surface area contributed by atoms with E-state index in [1.54, 1.807) is 6.07 Å². The molecule has 2 N–H and O–H groups in total. The largest absolute Gasteiger partial charge is 0.438 e. The Labute approximate surface area is 116 Å². The van der Waals surface area contributed by atoms with Crippen molar-refractivity contribution in [3.63, 3.8) is 0 Å². The van der Waals surface area contributed by atoms with Crippen LogP contribution in [0.2, 0.25) is 0 Å². The van der Waals surface area contributed by atoms with Crippen molar-refractivity contribution < 1.29 is 17.9 Å². The number of ether oxygens (including phenoxy) is 1. The molecule has 0 bridgehead atoms. The highest BCUT2D eigenvalue weighted by Gasteiger charge is 2.30. The lowest BCUT2D eigenvalue weighted by Gasteiger charge is -2.09. The molecule has 21 heavy (non-hydrogen) atoms. The Kier molecular flexibility index (Phi) is 2.89. The van der Waals surface area contributed by atoms with Crippen LogP contribution in [0.5, 0.6) is 11.6 Å². The maximum atomic E-state index is 12.6. The summed E-state index contributed by atoms with van der Waals surface area (Å²) in [6, 6.07) is 7.51. The predicted octanol–water partition coefficient (Wildman–Crippen LogP) is 2.52. The van der Waals surface area contributed by atoms with Gasteiger partial charge >= 0.3 is 6.18 Å². The van der Waals surface area contributed by atoms with E-state index in [2.05, 4.69) is 15.3 Å². The minimum absolute atomic E-state index is 0.0170. The van der Waals surface area contributed by atoms with Gasteiger partial charge in [0.15, 0.2) is 5.65 Å². The number of nitrogens with two attached hydrogens (primary N) is 1. The van der Waals surface area contributed by atoms with Gasteiger partial charge in [-0.2, -0.15) is 17.7 Å². The summed E-state index contributed by atoms with van der Waals surface area (Å²) in [6.45, 7) is 0. The molecule has 2 aromatic heterocycles. The molecule has 0 fully saturated rings. The van der Waals surface area contributed by atoms with Gasteiger partial charge in [-0.1, -0.05) is 6.07 Å². The van der Waals surface area contributed by atoms with Crippen LogP contribution in [0.4, 0.5) is 19.1 Å². The SMILES string of the molecule is Nc1nnc2ccc(Oc3cccc(C(F)(F)F)c3)nn12. The van der Waals surface area contributed by atoms with Crippen LogP contribution >= 0.6 is 0 Å². The van der Waals surface area contributed by atoms with Crippen molar-refractivity contribution >= 4 is 11.6 Å². The number of halogens is 3. The third kappa shape index (κ3) is 2.57. The first-order valence-corrected chi connectivity index (χ1v) is 5.76. The molecule has 0 unspecified atom stereocenters. The van der Waals surface area contributed by atoms with E-state index < -0.39 is 11.7 Å². The molecule has 108 valence electrons. The van der Waals surface area contributed by atoms with Gasteiger partial charge in [-0.05, 0) is 24.3 Å². The van der Waals surface area contributed by atoms with Crippen LogP contribution < -0.4 is 10.5 Å². The van der Waals surface area contributed by atoms with Crippen molar-refractivity contribution in [1.29, 1.82) is 0 Å². The number of alkyl halides is 3. The lowest BCUT2D eigenvalue weighted by molar-refractivity contribution is -0.137. The minimum atomic E-state index is -4.44. The molecule has 0 saturated heterocycles. The van der Waals surface area contributed by atoms with Crippen molar-refractivity contribution in [3.05, 3.63) is 42.0 Å². The smallest absolute Gasteiger partial charge is 0.416 e. The second-order valence-electron chi connectivity index (χ2n) is 4.13. The summed E-state index contributed by atoms with van der Waals surface area (Å²) in [6.07, 6.45) is -4.44. The van der Waals surface area contributed by atoms with Crippen LogP contribution in [-0.4, -0.2) is 19.8 Å². The molecule has 0 aliphatic carbocycles. The van der Waals surface area contributed by atoms with Crippen molar-refractivity contribution in [2.75, 3.05) is 5.73 Å². The molecule has 3 aromatic rings. The Hall–Kier alpha value is -2.84. The minimum Gasteiger partial charge on any atom is -0.438 e. The first-order valence-electron chi connectivity index (χ1n) is 5.76. The summed E-state index contributed by atoms with van der Waals surface area (Å²) in [4.78, 5) is 0. The second kappa shape index (κ2) is 4.62. The maximum Gasteiger partial charge on any atom is 0.416 e. The summed E-state index contributed by atoms with van der Waals surface area (Å²) in [5.41, 5.74) is 5.15. The number of nitrogens with zero attached hydrogens (tertiary/aromatic N) is 4. The highest BCUT2D eigenvalue weighted by molar-refractivity contribution is 5.43. The molecule has 0 atom stereocenters. The van der Waals surface area contributed by atoms with E-state index in [4.69, 9.17) is 10.5 Å². The average Bonchev–Trinajstić information content (AvgIpc) is 2.80. The number of hydrogen-bond donors (Lipinski definition) is 1. The molecular formula is C12H8F3N5O. The van der Waals surface area contributed by atoms with E-state index in [9.17, 15) is 13.2 Å². The molecule has 9 heteroatoms. The van der Waals surface area contributed by atoms with Crippen molar-refractivity contribution in [1.82, 2.24) is 19.8 Å². The standard InChI is InChI=1S/C12H8F3N5O/c13-12(14,15)7-2-1-3-8(6-7)21-10-5-4-9-17-18-11(16)20(9)19-10/h1-6H,(H2,16,18). The summed E-state index contributed by atoms with van der Waals surface area (Å²) >= 11 is 0. The number of benzene rings is 1. The number of rotatable bonds is 2. The first-order chi connectivity index (χ1) is 9.93. The lowest BCUT2D eigenvalue weighted by Crippen LogP contribution is -2.05. The molecule has 0 aliphatic heterocycles. The van der Waals surface area contributed by atoms with Gasteiger partial charge in [0.25, 0.3) is 0 Å². The number of fused-ring (bicyclic) bond motifs is 1. The fraction of sp³-hybridized carbons (Fsp3) is 0.0833. The number of aromatic nitrogens is 4. The van der Waals surface area contributed by atoms with Gasteiger partial charge in [0.1, 0.15) is 5.75 Å². The number of nitrogen functional groups attached to an aromatic ring is 1. The molecule has 0 saturated carbocycles. The van der Waals surface area contributed by atoms with Crippen molar-refractivity contribution in [2.45, 2.75) is 6.18 Å². The molecule has 0 radical (unpaired) electrons. The normalized spacial score (nSPS) is 11.8. The van der Waals surface area contributed by atoms with Crippen molar-refractivity contribution in [2.24, 2.45) is 0 Å². The van der Waals surface area contributed by atoms with Crippen LogP contribution in [0.1, 0.15) is 5.56 Å². The molecule has 1 aromatic carbocycles. The molecule has 3 rings (SSSR count). The van der Waals surface area contributed by atoms with Gasteiger partial charge in [0.05, 0.1) is 5.56 Å². The molecule has 0 amide bonds. The van der Waals surface area contributed by atoms with Crippen LogP contribution in [0.25, 0.3) is 5.65 Å². The summed E-state index contributed by atoms with van der Waals surface area (Å²) in [7, 11) is 0. The maximum absolute atomic E-state index is 12.6. The zero-order valence-electron chi connectivity index (χ0n) is 10.4. The van der Waals surface area contributed by atoms with E-state index >= 15 is 0 Å². The molecule has 0 aliphatic rings. The van der Waals surface area contributed by atoms with Crippen LogP contribution in [-0.2, 0) is 6.18 Å². The average molecular weight is 295 g/mol. The number of anilines is 1. The molecule has 0 spiro atoms. The van der Waals surface area contributed by atoms with Gasteiger partial charge in [0.2, 0.25) is 11.8 Å². The van der Waals surface area contributed by atoms with Crippen molar-refractivity contribution in [3.8, 4) is 11.6 Å². The highest BCUT2D eigenvalue weighted by Crippen LogP contribution is 2.32. The Balaban J connectivity index is 1.93. The predicted molar refractivity (Wildman–Crippen MR) is 66.7 cm³/mol. The monoisotopic (exact) mass is 295 g/mol. The molecule has 6 nitrogen and oxygen atoms in total. The summed E-state index contributed by atoms with van der Waals surface area (Å²) < 4.78 is 44.4. The third-order valence-corrected chi connectivity index (χ3v) is 2.65. The first kappa shape index (κ1) is 13.2. The zero-order chi connectivity index (χ0) is 15.0. The fourth-order valence-electron chi connectivity index (χ4n) is 1.70. The van der Waals surface area contributed by atoms with Crippen LogP contribution in [0.3, 0.4) is 0 Å². The summed E-state index contributed by atoms with van der Waals surface area (Å²) in [5.74, 6) is 0.149. The van der Waals surface area contributed by atoms with Gasteiger partial charge in [-0.25, -0.2) is 0 Å². The van der Waals surface area contributed by atoms with Crippen LogP contribution in [0, 0.1) is 0 Å². The van der Waals surface area contributed by atoms with E-state index in [-0.39, 0.29) is 17.6 Å². The van der Waals surface area contributed by atoms with E-state index in [0.29, 0.717) is 5.65 Å². The Morgan fingerprint density at radius 2 is 1.90 bits per heavy atom. The topological polar surface area (TPSA) is 78.3 Å². The van der Waals surface area contributed by atoms with E-state index in [1.807, 2.05) is 0 Å². The van der Waals surface area contributed by atoms with Gasteiger partial charge in [0, 0.05) is 6.07 Å². The second-order valence-corrected chi connectivity index (χ2v) is 4.13. The lowest BCUT2D eigenvalue weighted by atomic mass is 10.2. The fourth-order valence-corrected chi connectivity index (χ4v) is 1.70. The number of hydrogen-bond acceptors (Lipinski definition) is 5. The molecular weight excluding hydrogens is 287 g/mol. The Morgan fingerprint density at radius 1 is 1.10 bits per heavy atom.